The van der Waals surface area contributed by atoms with Crippen molar-refractivity contribution >= 4 is 17.6 Å². The summed E-state index contributed by atoms with van der Waals surface area (Å²) in [6.07, 6.45) is -0.675. The summed E-state index contributed by atoms with van der Waals surface area (Å²) in [5, 5.41) is 3.01. The number of methoxy groups -OCH3 is 2. The Kier molecular flexibility index (Phi) is 3.36. The number of hydrogen-bond acceptors (Lipinski definition) is 6. The van der Waals surface area contributed by atoms with Gasteiger partial charge in [-0.25, -0.2) is 9.59 Å². The van der Waals surface area contributed by atoms with Gasteiger partial charge < -0.3 is 19.5 Å². The van der Waals surface area contributed by atoms with E-state index in [2.05, 4.69) is 14.8 Å². The summed E-state index contributed by atoms with van der Waals surface area (Å²) in [7, 11) is 2.63. The van der Waals surface area contributed by atoms with Gasteiger partial charge in [0.05, 0.1) is 32.0 Å². The second kappa shape index (κ2) is 4.95. The molecule has 0 radical (unpaired) electrons. The molecule has 0 fully saturated rings. The van der Waals surface area contributed by atoms with Crippen molar-refractivity contribution in [3.63, 3.8) is 0 Å². The Morgan fingerprint density at radius 2 is 2.11 bits per heavy atom. The number of rotatable bonds is 2. The molecule has 0 aliphatic carbocycles. The minimum atomic E-state index is -0.675. The van der Waals surface area contributed by atoms with Gasteiger partial charge >= 0.3 is 11.9 Å². The molecule has 0 aromatic heterocycles. The molecule has 1 aromatic rings. The number of carbonyl (C=O) groups excluding carboxylic acids is 2. The molecule has 0 amide bonds. The third-order valence-electron chi connectivity index (χ3n) is 2.61. The molecule has 6 nitrogen and oxygen atoms in total. The van der Waals surface area contributed by atoms with Gasteiger partial charge in [0.15, 0.2) is 0 Å². The van der Waals surface area contributed by atoms with E-state index in [-0.39, 0.29) is 0 Å². The van der Waals surface area contributed by atoms with Gasteiger partial charge in [0, 0.05) is 0 Å². The molecule has 1 aliphatic heterocycles. The van der Waals surface area contributed by atoms with E-state index in [1.165, 1.54) is 14.2 Å². The normalized spacial score (nSPS) is 16.9. The minimum absolute atomic E-state index is 0.296. The lowest BCUT2D eigenvalue weighted by molar-refractivity contribution is -0.148. The number of ether oxygens (including phenoxy) is 3. The molecule has 1 unspecified atom stereocenters. The molecule has 1 aliphatic rings. The zero-order chi connectivity index (χ0) is 13.1. The van der Waals surface area contributed by atoms with Crippen molar-refractivity contribution in [1.29, 1.82) is 0 Å². The van der Waals surface area contributed by atoms with Crippen LogP contribution in [0, 0.1) is 0 Å². The Labute approximate surface area is 104 Å². The Morgan fingerprint density at radius 3 is 2.78 bits per heavy atom. The van der Waals surface area contributed by atoms with Crippen LogP contribution in [0.5, 0.6) is 5.75 Å². The van der Waals surface area contributed by atoms with Crippen LogP contribution in [0.3, 0.4) is 0 Å². The van der Waals surface area contributed by atoms with Gasteiger partial charge in [0.1, 0.15) is 5.75 Å². The highest BCUT2D eigenvalue weighted by Crippen LogP contribution is 2.30. The van der Waals surface area contributed by atoms with E-state index >= 15 is 0 Å². The Bertz CT molecular complexity index is 485. The molecule has 1 N–H and O–H groups in total. The number of anilines is 1. The molecule has 0 saturated heterocycles. The van der Waals surface area contributed by atoms with E-state index in [9.17, 15) is 9.59 Å². The highest BCUT2D eigenvalue weighted by atomic mass is 16.6. The Hall–Kier alpha value is -2.24. The molecule has 1 aromatic carbocycles. The lowest BCUT2D eigenvalue weighted by Gasteiger charge is -2.25. The molecule has 96 valence electrons. The van der Waals surface area contributed by atoms with Crippen LogP contribution in [-0.2, 0) is 14.3 Å². The van der Waals surface area contributed by atoms with Crippen molar-refractivity contribution in [3.05, 3.63) is 23.8 Å². The summed E-state index contributed by atoms with van der Waals surface area (Å²) >= 11 is 0. The molecule has 0 saturated carbocycles. The summed E-state index contributed by atoms with van der Waals surface area (Å²) < 4.78 is 14.7. The monoisotopic (exact) mass is 251 g/mol. The lowest BCUT2D eigenvalue weighted by Crippen LogP contribution is -2.38. The first kappa shape index (κ1) is 12.2. The van der Waals surface area contributed by atoms with Gasteiger partial charge in [-0.05, 0) is 18.2 Å². The van der Waals surface area contributed by atoms with Gasteiger partial charge in [-0.2, -0.15) is 0 Å². The number of nitrogens with one attached hydrogen (secondary N) is 1. The molecule has 2 rings (SSSR count). The molecule has 1 atom stereocenters. The standard InChI is InChI=1S/C12H13NO5/c1-16-11(14)7-3-4-9-8(5-7)13-6-10(18-9)12(15)17-2/h3-5,10,13H,6H2,1-2H3. The average Bonchev–Trinajstić information content (AvgIpc) is 2.44. The van der Waals surface area contributed by atoms with Crippen molar-refractivity contribution in [3.8, 4) is 5.75 Å². The van der Waals surface area contributed by atoms with E-state index in [0.717, 1.165) is 0 Å². The third-order valence-corrected chi connectivity index (χ3v) is 2.61. The van der Waals surface area contributed by atoms with Gasteiger partial charge in [0.25, 0.3) is 0 Å². The van der Waals surface area contributed by atoms with E-state index in [1.807, 2.05) is 0 Å². The van der Waals surface area contributed by atoms with Crippen LogP contribution in [0.1, 0.15) is 10.4 Å². The largest absolute Gasteiger partial charge is 0.475 e. The van der Waals surface area contributed by atoms with Gasteiger partial charge in [-0.1, -0.05) is 0 Å². The summed E-state index contributed by atoms with van der Waals surface area (Å²) in [6, 6.07) is 4.81. The van der Waals surface area contributed by atoms with Crippen LogP contribution < -0.4 is 10.1 Å². The van der Waals surface area contributed by atoms with Gasteiger partial charge in [-0.15, -0.1) is 0 Å². The van der Waals surface area contributed by atoms with Gasteiger partial charge in [0.2, 0.25) is 6.10 Å². The third kappa shape index (κ3) is 2.22. The Morgan fingerprint density at radius 1 is 1.33 bits per heavy atom. The van der Waals surface area contributed by atoms with E-state index in [4.69, 9.17) is 4.74 Å². The first-order valence-electron chi connectivity index (χ1n) is 5.36. The number of esters is 2. The minimum Gasteiger partial charge on any atom is -0.475 e. The van der Waals surface area contributed by atoms with Gasteiger partial charge in [-0.3, -0.25) is 0 Å². The lowest BCUT2D eigenvalue weighted by atomic mass is 10.1. The van der Waals surface area contributed by atoms with Crippen molar-refractivity contribution in [2.75, 3.05) is 26.1 Å². The van der Waals surface area contributed by atoms with Crippen LogP contribution in [0.4, 0.5) is 5.69 Å². The summed E-state index contributed by atoms with van der Waals surface area (Å²) in [5.41, 5.74) is 1.07. The second-order valence-corrected chi connectivity index (χ2v) is 3.71. The first-order valence-corrected chi connectivity index (χ1v) is 5.36. The number of benzene rings is 1. The van der Waals surface area contributed by atoms with Crippen LogP contribution in [0.25, 0.3) is 0 Å². The number of fused-ring (bicyclic) bond motifs is 1. The Balaban J connectivity index is 2.20. The molecule has 0 spiro atoms. The maximum atomic E-state index is 11.4. The molecule has 1 heterocycles. The number of carbonyl (C=O) groups is 2. The maximum Gasteiger partial charge on any atom is 0.348 e. The smallest absolute Gasteiger partial charge is 0.348 e. The van der Waals surface area contributed by atoms with Crippen LogP contribution in [0.2, 0.25) is 0 Å². The molecular weight excluding hydrogens is 238 g/mol. The molecule has 6 heteroatoms. The van der Waals surface area contributed by atoms with E-state index in [1.54, 1.807) is 18.2 Å². The van der Waals surface area contributed by atoms with Crippen molar-refractivity contribution in [2.24, 2.45) is 0 Å². The van der Waals surface area contributed by atoms with Crippen molar-refractivity contribution < 1.29 is 23.8 Å². The summed E-state index contributed by atoms with van der Waals surface area (Å²) in [4.78, 5) is 22.7. The first-order chi connectivity index (χ1) is 8.65. The van der Waals surface area contributed by atoms with Crippen LogP contribution in [-0.4, -0.2) is 38.8 Å². The fourth-order valence-electron chi connectivity index (χ4n) is 1.68. The fourth-order valence-corrected chi connectivity index (χ4v) is 1.68. The highest BCUT2D eigenvalue weighted by Gasteiger charge is 2.27. The second-order valence-electron chi connectivity index (χ2n) is 3.71. The topological polar surface area (TPSA) is 73.9 Å². The van der Waals surface area contributed by atoms with Crippen LogP contribution in [0.15, 0.2) is 18.2 Å². The molecule has 0 bridgehead atoms. The van der Waals surface area contributed by atoms with Crippen molar-refractivity contribution in [2.45, 2.75) is 6.10 Å². The average molecular weight is 251 g/mol. The van der Waals surface area contributed by atoms with Crippen molar-refractivity contribution in [1.82, 2.24) is 0 Å². The highest BCUT2D eigenvalue weighted by molar-refractivity contribution is 5.91. The summed E-state index contributed by atoms with van der Waals surface area (Å²) in [6.45, 7) is 0.296. The van der Waals surface area contributed by atoms with E-state index in [0.29, 0.717) is 23.5 Å². The predicted octanol–water partition coefficient (Wildman–Crippen LogP) is 0.819. The maximum absolute atomic E-state index is 11.4. The predicted molar refractivity (Wildman–Crippen MR) is 62.7 cm³/mol. The van der Waals surface area contributed by atoms with Crippen LogP contribution >= 0.6 is 0 Å². The quantitative estimate of drug-likeness (QED) is 0.784. The summed E-state index contributed by atoms with van der Waals surface area (Å²) in [5.74, 6) is -0.357. The molecule has 18 heavy (non-hydrogen) atoms. The number of hydrogen-bond donors (Lipinski definition) is 1. The zero-order valence-electron chi connectivity index (χ0n) is 10.1. The SMILES string of the molecule is COC(=O)c1ccc2c(c1)NCC(C(=O)OC)O2. The fraction of sp³-hybridized carbons (Fsp3) is 0.333. The van der Waals surface area contributed by atoms with E-state index < -0.39 is 18.0 Å². The zero-order valence-corrected chi connectivity index (χ0v) is 10.1. The molecular formula is C12H13NO5.